The van der Waals surface area contributed by atoms with Crippen LogP contribution in [-0.2, 0) is 12.8 Å². The molecule has 1 aromatic heterocycles. The number of nitrogens with zero attached hydrogens (tertiary/aromatic N) is 1. The zero-order chi connectivity index (χ0) is 13.8. The Morgan fingerprint density at radius 3 is 2.84 bits per heavy atom. The molecular weight excluding hydrogens is 240 g/mol. The van der Waals surface area contributed by atoms with Gasteiger partial charge in [-0.1, -0.05) is 11.6 Å². The molecule has 0 spiro atoms. The highest BCUT2D eigenvalue weighted by atomic mass is 16.4. The first-order valence-electron chi connectivity index (χ1n) is 6.71. The second kappa shape index (κ2) is 5.87. The van der Waals surface area contributed by atoms with Crippen molar-refractivity contribution in [3.8, 4) is 0 Å². The van der Waals surface area contributed by atoms with Crippen LogP contribution in [0.1, 0.15) is 48.3 Å². The number of aryl methyl sites for hydroxylation is 2. The summed E-state index contributed by atoms with van der Waals surface area (Å²) in [6.45, 7) is 4.63. The maximum Gasteiger partial charge on any atom is 0.339 e. The van der Waals surface area contributed by atoms with E-state index in [1.165, 1.54) is 5.57 Å². The first-order chi connectivity index (χ1) is 9.08. The third-order valence-electron chi connectivity index (χ3n) is 3.31. The maximum absolute atomic E-state index is 11.3. The van der Waals surface area contributed by atoms with Gasteiger partial charge in [-0.25, -0.2) is 9.78 Å². The van der Waals surface area contributed by atoms with Gasteiger partial charge in [0, 0.05) is 12.2 Å². The Kier molecular flexibility index (Phi) is 4.20. The summed E-state index contributed by atoms with van der Waals surface area (Å²) in [5.41, 5.74) is 3.62. The molecule has 2 N–H and O–H groups in total. The van der Waals surface area contributed by atoms with E-state index in [1.54, 1.807) is 6.07 Å². The third kappa shape index (κ3) is 3.34. The first-order valence-corrected chi connectivity index (χ1v) is 6.71. The van der Waals surface area contributed by atoms with Crippen LogP contribution in [0.25, 0.3) is 0 Å². The number of hydrogen-bond acceptors (Lipinski definition) is 3. The van der Waals surface area contributed by atoms with Gasteiger partial charge in [0.1, 0.15) is 11.4 Å². The van der Waals surface area contributed by atoms with Crippen molar-refractivity contribution >= 4 is 11.8 Å². The van der Waals surface area contributed by atoms with Crippen LogP contribution < -0.4 is 5.32 Å². The molecule has 19 heavy (non-hydrogen) atoms. The Morgan fingerprint density at radius 2 is 2.16 bits per heavy atom. The van der Waals surface area contributed by atoms with Crippen LogP contribution in [-0.4, -0.2) is 22.6 Å². The van der Waals surface area contributed by atoms with Crippen LogP contribution in [0.3, 0.4) is 0 Å². The van der Waals surface area contributed by atoms with E-state index in [-0.39, 0.29) is 5.56 Å². The van der Waals surface area contributed by atoms with Gasteiger partial charge in [0.25, 0.3) is 0 Å². The van der Waals surface area contributed by atoms with Crippen molar-refractivity contribution in [2.75, 3.05) is 11.9 Å². The van der Waals surface area contributed by atoms with Crippen molar-refractivity contribution in [1.29, 1.82) is 0 Å². The molecule has 0 saturated carbocycles. The SMILES string of the molecule is CC(C)=CCNc1nc2c(cc1C(=O)O)CCCC2. The van der Waals surface area contributed by atoms with Crippen molar-refractivity contribution in [2.45, 2.75) is 39.5 Å². The van der Waals surface area contributed by atoms with Gasteiger partial charge in [-0.2, -0.15) is 0 Å². The molecule has 0 radical (unpaired) electrons. The van der Waals surface area contributed by atoms with Gasteiger partial charge in [-0.15, -0.1) is 0 Å². The van der Waals surface area contributed by atoms with Crippen LogP contribution in [0.5, 0.6) is 0 Å². The number of anilines is 1. The number of carboxylic acid groups (broad SMARTS) is 1. The predicted octanol–water partition coefficient (Wildman–Crippen LogP) is 3.04. The lowest BCUT2D eigenvalue weighted by Gasteiger charge is -2.17. The molecular formula is C15H20N2O2. The third-order valence-corrected chi connectivity index (χ3v) is 3.31. The van der Waals surface area contributed by atoms with Crippen LogP contribution in [0.4, 0.5) is 5.82 Å². The molecule has 0 aromatic carbocycles. The molecule has 0 fully saturated rings. The van der Waals surface area contributed by atoms with Crippen LogP contribution >= 0.6 is 0 Å². The fraction of sp³-hybridized carbons (Fsp3) is 0.467. The predicted molar refractivity (Wildman–Crippen MR) is 75.8 cm³/mol. The number of hydrogen-bond donors (Lipinski definition) is 2. The van der Waals surface area contributed by atoms with Crippen molar-refractivity contribution < 1.29 is 9.90 Å². The number of aromatic nitrogens is 1. The minimum Gasteiger partial charge on any atom is -0.478 e. The zero-order valence-electron chi connectivity index (χ0n) is 11.5. The summed E-state index contributed by atoms with van der Waals surface area (Å²) in [5, 5.41) is 12.4. The van der Waals surface area contributed by atoms with Crippen LogP contribution in [0.15, 0.2) is 17.7 Å². The van der Waals surface area contributed by atoms with E-state index in [2.05, 4.69) is 10.3 Å². The Labute approximate surface area is 113 Å². The van der Waals surface area contributed by atoms with Crippen LogP contribution in [0, 0.1) is 0 Å². The number of allylic oxidation sites excluding steroid dienone is 1. The average Bonchev–Trinajstić information content (AvgIpc) is 2.37. The highest BCUT2D eigenvalue weighted by molar-refractivity contribution is 5.93. The molecule has 1 aliphatic carbocycles. The molecule has 0 unspecified atom stereocenters. The minimum absolute atomic E-state index is 0.280. The highest BCUT2D eigenvalue weighted by Gasteiger charge is 2.18. The number of fused-ring (bicyclic) bond motifs is 1. The van der Waals surface area contributed by atoms with E-state index in [4.69, 9.17) is 0 Å². The molecule has 102 valence electrons. The molecule has 0 amide bonds. The maximum atomic E-state index is 11.3. The van der Waals surface area contributed by atoms with Gasteiger partial charge in [0.05, 0.1) is 0 Å². The number of rotatable bonds is 4. The number of nitrogens with one attached hydrogen (secondary N) is 1. The topological polar surface area (TPSA) is 62.2 Å². The number of carbonyl (C=O) groups is 1. The molecule has 2 rings (SSSR count). The summed E-state index contributed by atoms with van der Waals surface area (Å²) in [5.74, 6) is -0.425. The summed E-state index contributed by atoms with van der Waals surface area (Å²) in [6, 6.07) is 1.79. The zero-order valence-corrected chi connectivity index (χ0v) is 11.5. The Balaban J connectivity index is 2.29. The van der Waals surface area contributed by atoms with Crippen molar-refractivity contribution in [2.24, 2.45) is 0 Å². The number of aromatic carboxylic acids is 1. The van der Waals surface area contributed by atoms with E-state index in [9.17, 15) is 9.90 Å². The van der Waals surface area contributed by atoms with E-state index in [1.807, 2.05) is 19.9 Å². The van der Waals surface area contributed by atoms with Gasteiger partial charge in [0.2, 0.25) is 0 Å². The smallest absolute Gasteiger partial charge is 0.339 e. The Morgan fingerprint density at radius 1 is 1.42 bits per heavy atom. The number of carboxylic acids is 1. The van der Waals surface area contributed by atoms with Gasteiger partial charge in [-0.05, 0) is 51.2 Å². The quantitative estimate of drug-likeness (QED) is 0.817. The standard InChI is InChI=1S/C15H20N2O2/c1-10(2)7-8-16-14-12(15(18)19)9-11-5-3-4-6-13(11)17-14/h7,9H,3-6,8H2,1-2H3,(H,16,17)(H,18,19). The lowest BCUT2D eigenvalue weighted by atomic mass is 9.95. The molecule has 4 nitrogen and oxygen atoms in total. The molecule has 1 heterocycles. The van der Waals surface area contributed by atoms with E-state index in [0.717, 1.165) is 36.9 Å². The first kappa shape index (κ1) is 13.6. The molecule has 0 aliphatic heterocycles. The van der Waals surface area contributed by atoms with Gasteiger partial charge < -0.3 is 10.4 Å². The number of pyridine rings is 1. The molecule has 1 aromatic rings. The van der Waals surface area contributed by atoms with Crippen molar-refractivity contribution in [3.05, 3.63) is 34.5 Å². The Bertz CT molecular complexity index is 517. The summed E-state index contributed by atoms with van der Waals surface area (Å²) in [4.78, 5) is 15.8. The molecule has 1 aliphatic rings. The largest absolute Gasteiger partial charge is 0.478 e. The van der Waals surface area contributed by atoms with Crippen molar-refractivity contribution in [3.63, 3.8) is 0 Å². The van der Waals surface area contributed by atoms with E-state index >= 15 is 0 Å². The minimum atomic E-state index is -0.916. The lowest BCUT2D eigenvalue weighted by Crippen LogP contribution is -2.14. The monoisotopic (exact) mass is 260 g/mol. The van der Waals surface area contributed by atoms with E-state index < -0.39 is 5.97 Å². The lowest BCUT2D eigenvalue weighted by molar-refractivity contribution is 0.0697. The average molecular weight is 260 g/mol. The summed E-state index contributed by atoms with van der Waals surface area (Å²) in [6.07, 6.45) is 6.17. The fourth-order valence-corrected chi connectivity index (χ4v) is 2.28. The molecule has 0 atom stereocenters. The van der Waals surface area contributed by atoms with Gasteiger partial charge in [-0.3, -0.25) is 0 Å². The molecule has 4 heteroatoms. The molecule has 0 bridgehead atoms. The normalized spacial score (nSPS) is 13.6. The van der Waals surface area contributed by atoms with Gasteiger partial charge >= 0.3 is 5.97 Å². The highest BCUT2D eigenvalue weighted by Crippen LogP contribution is 2.24. The summed E-state index contributed by atoms with van der Waals surface area (Å²) in [7, 11) is 0. The van der Waals surface area contributed by atoms with E-state index in [0.29, 0.717) is 12.4 Å². The molecule has 0 saturated heterocycles. The summed E-state index contributed by atoms with van der Waals surface area (Å²) >= 11 is 0. The van der Waals surface area contributed by atoms with Crippen LogP contribution in [0.2, 0.25) is 0 Å². The fourth-order valence-electron chi connectivity index (χ4n) is 2.28. The van der Waals surface area contributed by atoms with Crippen molar-refractivity contribution in [1.82, 2.24) is 4.98 Å². The second-order valence-electron chi connectivity index (χ2n) is 5.16. The Hall–Kier alpha value is -1.84. The second-order valence-corrected chi connectivity index (χ2v) is 5.16. The van der Waals surface area contributed by atoms with Gasteiger partial charge in [0.15, 0.2) is 0 Å². The summed E-state index contributed by atoms with van der Waals surface area (Å²) < 4.78 is 0.